The number of carbonyl (C=O) groups is 1. The van der Waals surface area contributed by atoms with Gasteiger partial charge in [-0.1, -0.05) is 18.2 Å². The molecule has 0 saturated heterocycles. The van der Waals surface area contributed by atoms with E-state index in [0.29, 0.717) is 17.0 Å². The van der Waals surface area contributed by atoms with Crippen molar-refractivity contribution in [3.8, 4) is 17.6 Å². The van der Waals surface area contributed by atoms with E-state index in [-0.39, 0.29) is 18.2 Å². The first-order valence-electron chi connectivity index (χ1n) is 7.24. The molecule has 1 aliphatic rings. The van der Waals surface area contributed by atoms with Crippen LogP contribution in [-0.2, 0) is 11.3 Å². The highest BCUT2D eigenvalue weighted by Crippen LogP contribution is 2.40. The van der Waals surface area contributed by atoms with Crippen molar-refractivity contribution in [1.29, 1.82) is 5.26 Å². The molecule has 1 N–H and O–H groups in total. The molecule has 0 bridgehead atoms. The van der Waals surface area contributed by atoms with Crippen molar-refractivity contribution in [3.63, 3.8) is 0 Å². The quantitative estimate of drug-likeness (QED) is 0.925. The van der Waals surface area contributed by atoms with E-state index in [9.17, 15) is 15.2 Å². The smallest absolute Gasteiger partial charge is 0.271 e. The average Bonchev–Trinajstić information content (AvgIpc) is 2.53. The van der Waals surface area contributed by atoms with Crippen LogP contribution in [0.3, 0.4) is 0 Å². The zero-order valence-electron chi connectivity index (χ0n) is 12.9. The number of anilines is 1. The van der Waals surface area contributed by atoms with E-state index in [0.717, 1.165) is 5.56 Å². The van der Waals surface area contributed by atoms with Crippen LogP contribution in [0.1, 0.15) is 25.0 Å². The van der Waals surface area contributed by atoms with E-state index >= 15 is 0 Å². The Kier molecular flexibility index (Phi) is 3.45. The number of fused-ring (bicyclic) bond motifs is 1. The van der Waals surface area contributed by atoms with Gasteiger partial charge in [-0.25, -0.2) is 0 Å². The summed E-state index contributed by atoms with van der Waals surface area (Å²) in [6.07, 6.45) is 0. The van der Waals surface area contributed by atoms with Crippen LogP contribution in [0.5, 0.6) is 11.5 Å². The van der Waals surface area contributed by atoms with Crippen molar-refractivity contribution in [1.82, 2.24) is 0 Å². The number of amides is 1. The van der Waals surface area contributed by atoms with Gasteiger partial charge in [0.15, 0.2) is 5.60 Å². The lowest BCUT2D eigenvalue weighted by Crippen LogP contribution is -2.52. The minimum atomic E-state index is -1.01. The van der Waals surface area contributed by atoms with E-state index in [1.54, 1.807) is 36.9 Å². The van der Waals surface area contributed by atoms with Gasteiger partial charge in [-0.05, 0) is 37.6 Å². The van der Waals surface area contributed by atoms with E-state index in [4.69, 9.17) is 4.74 Å². The molecule has 2 aromatic carbocycles. The number of benzene rings is 2. The van der Waals surface area contributed by atoms with Gasteiger partial charge in [-0.15, -0.1) is 0 Å². The summed E-state index contributed by atoms with van der Waals surface area (Å²) in [4.78, 5) is 14.3. The molecular weight excluding hydrogens is 292 g/mol. The molecule has 0 aromatic heterocycles. The molecule has 23 heavy (non-hydrogen) atoms. The molecule has 0 spiro atoms. The Morgan fingerprint density at radius 3 is 2.74 bits per heavy atom. The number of nitriles is 1. The fourth-order valence-corrected chi connectivity index (χ4v) is 2.65. The number of phenolic OH excluding ortho intramolecular Hbond substituents is 1. The molecule has 5 nitrogen and oxygen atoms in total. The van der Waals surface area contributed by atoms with Gasteiger partial charge in [-0.3, -0.25) is 4.79 Å². The highest BCUT2D eigenvalue weighted by molar-refractivity contribution is 6.02. The van der Waals surface area contributed by atoms with E-state index < -0.39 is 5.60 Å². The van der Waals surface area contributed by atoms with Crippen molar-refractivity contribution >= 4 is 11.6 Å². The second kappa shape index (κ2) is 5.33. The van der Waals surface area contributed by atoms with Gasteiger partial charge in [0, 0.05) is 6.07 Å². The number of nitrogens with zero attached hydrogens (tertiary/aromatic N) is 2. The zero-order chi connectivity index (χ0) is 16.6. The van der Waals surface area contributed by atoms with Gasteiger partial charge in [0.05, 0.1) is 23.9 Å². The van der Waals surface area contributed by atoms with E-state index in [1.165, 1.54) is 12.1 Å². The predicted octanol–water partition coefficient (Wildman–Crippen LogP) is 2.97. The van der Waals surface area contributed by atoms with Crippen molar-refractivity contribution in [3.05, 3.63) is 53.6 Å². The lowest BCUT2D eigenvalue weighted by atomic mass is 10.0. The fraction of sp³-hybridized carbons (Fsp3) is 0.222. The molecule has 0 saturated carbocycles. The molecule has 1 aliphatic heterocycles. The molecule has 5 heteroatoms. The largest absolute Gasteiger partial charge is 0.508 e. The topological polar surface area (TPSA) is 73.6 Å². The summed E-state index contributed by atoms with van der Waals surface area (Å²) in [6.45, 7) is 3.65. The minimum Gasteiger partial charge on any atom is -0.508 e. The Labute approximate surface area is 134 Å². The zero-order valence-corrected chi connectivity index (χ0v) is 12.9. The second-order valence-electron chi connectivity index (χ2n) is 5.92. The number of rotatable bonds is 2. The number of phenols is 1. The maximum Gasteiger partial charge on any atom is 0.271 e. The van der Waals surface area contributed by atoms with Crippen LogP contribution >= 0.6 is 0 Å². The number of ether oxygens (including phenoxy) is 1. The summed E-state index contributed by atoms with van der Waals surface area (Å²) in [5.74, 6) is 0.364. The van der Waals surface area contributed by atoms with Gasteiger partial charge >= 0.3 is 0 Å². The molecule has 116 valence electrons. The molecule has 0 fully saturated rings. The second-order valence-corrected chi connectivity index (χ2v) is 5.92. The van der Waals surface area contributed by atoms with Crippen LogP contribution in [0.4, 0.5) is 5.69 Å². The van der Waals surface area contributed by atoms with E-state index in [2.05, 4.69) is 6.07 Å². The molecule has 2 aromatic rings. The summed E-state index contributed by atoms with van der Waals surface area (Å²) >= 11 is 0. The van der Waals surface area contributed by atoms with Crippen molar-refractivity contribution in [2.24, 2.45) is 0 Å². The average molecular weight is 308 g/mol. The predicted molar refractivity (Wildman–Crippen MR) is 85.2 cm³/mol. The van der Waals surface area contributed by atoms with Crippen LogP contribution in [-0.4, -0.2) is 16.6 Å². The first-order chi connectivity index (χ1) is 10.9. The van der Waals surface area contributed by atoms with Crippen LogP contribution in [0.15, 0.2) is 42.5 Å². The van der Waals surface area contributed by atoms with Crippen LogP contribution in [0.25, 0.3) is 0 Å². The summed E-state index contributed by atoms with van der Waals surface area (Å²) in [7, 11) is 0. The third-order valence-corrected chi connectivity index (χ3v) is 3.82. The third kappa shape index (κ3) is 2.59. The molecule has 1 heterocycles. The molecule has 1 amide bonds. The van der Waals surface area contributed by atoms with Crippen molar-refractivity contribution < 1.29 is 14.6 Å². The fourth-order valence-electron chi connectivity index (χ4n) is 2.65. The minimum absolute atomic E-state index is 0.0541. The van der Waals surface area contributed by atoms with Gasteiger partial charge in [0.2, 0.25) is 0 Å². The van der Waals surface area contributed by atoms with Crippen molar-refractivity contribution in [2.45, 2.75) is 26.0 Å². The Morgan fingerprint density at radius 1 is 1.26 bits per heavy atom. The SMILES string of the molecule is CC1(C)Oc2ccc(O)cc2N(Cc2ccccc2C#N)C1=O. The summed E-state index contributed by atoms with van der Waals surface area (Å²) in [6, 6.07) is 13.9. The Hall–Kier alpha value is -3.00. The molecule has 0 unspecified atom stereocenters. The summed E-state index contributed by atoms with van der Waals surface area (Å²) in [5.41, 5.74) is 0.759. The van der Waals surface area contributed by atoms with Gasteiger partial charge < -0.3 is 14.7 Å². The standard InChI is InChI=1S/C18H16N2O3/c1-18(2)17(22)20(11-13-6-4-3-5-12(13)10-19)15-9-14(21)7-8-16(15)23-18/h3-9,21H,11H2,1-2H3. The van der Waals surface area contributed by atoms with Crippen LogP contribution in [0, 0.1) is 11.3 Å². The third-order valence-electron chi connectivity index (χ3n) is 3.82. The van der Waals surface area contributed by atoms with Gasteiger partial charge in [-0.2, -0.15) is 5.26 Å². The normalized spacial score (nSPS) is 15.5. The van der Waals surface area contributed by atoms with E-state index in [1.807, 2.05) is 12.1 Å². The molecule has 0 radical (unpaired) electrons. The Balaban J connectivity index is 2.08. The van der Waals surface area contributed by atoms with Crippen LogP contribution < -0.4 is 9.64 Å². The van der Waals surface area contributed by atoms with Crippen LogP contribution in [0.2, 0.25) is 0 Å². The lowest BCUT2D eigenvalue weighted by molar-refractivity contribution is -0.132. The highest BCUT2D eigenvalue weighted by atomic mass is 16.5. The van der Waals surface area contributed by atoms with Gasteiger partial charge in [0.1, 0.15) is 11.5 Å². The molecule has 0 atom stereocenters. The molecule has 0 aliphatic carbocycles. The van der Waals surface area contributed by atoms with Crippen molar-refractivity contribution in [2.75, 3.05) is 4.90 Å². The number of aromatic hydroxyl groups is 1. The highest BCUT2D eigenvalue weighted by Gasteiger charge is 2.41. The van der Waals surface area contributed by atoms with Gasteiger partial charge in [0.25, 0.3) is 5.91 Å². The molecule has 3 rings (SSSR count). The Morgan fingerprint density at radius 2 is 2.00 bits per heavy atom. The number of carbonyl (C=O) groups excluding carboxylic acids is 1. The summed E-state index contributed by atoms with van der Waals surface area (Å²) < 4.78 is 5.74. The lowest BCUT2D eigenvalue weighted by Gasteiger charge is -2.39. The first kappa shape index (κ1) is 14.9. The Bertz CT molecular complexity index is 821. The number of hydrogen-bond acceptors (Lipinski definition) is 4. The maximum absolute atomic E-state index is 12.8. The number of hydrogen-bond donors (Lipinski definition) is 1. The summed E-state index contributed by atoms with van der Waals surface area (Å²) in [5, 5.41) is 19.0. The molecular formula is C18H16N2O3. The monoisotopic (exact) mass is 308 g/mol. The maximum atomic E-state index is 12.8. The first-order valence-corrected chi connectivity index (χ1v) is 7.24.